The average molecular weight is 354 g/mol. The Hall–Kier alpha value is -3.14. The van der Waals surface area contributed by atoms with Crippen LogP contribution in [-0.2, 0) is 12.8 Å². The van der Waals surface area contributed by atoms with Gasteiger partial charge in [-0.05, 0) is 61.9 Å². The Kier molecular flexibility index (Phi) is 3.89. The van der Waals surface area contributed by atoms with Gasteiger partial charge < -0.3 is 5.32 Å². The number of hydrogen-bond donors (Lipinski definition) is 2. The van der Waals surface area contributed by atoms with Gasteiger partial charge in [0.05, 0.1) is 11.2 Å². The third-order valence-corrected chi connectivity index (χ3v) is 5.44. The zero-order valence-corrected chi connectivity index (χ0v) is 15.4. The number of fused-ring (bicyclic) bond motifs is 2. The van der Waals surface area contributed by atoms with Crippen molar-refractivity contribution in [2.75, 3.05) is 5.32 Å². The second-order valence-corrected chi connectivity index (χ2v) is 7.25. The van der Waals surface area contributed by atoms with E-state index in [4.69, 9.17) is 4.98 Å². The highest BCUT2D eigenvalue weighted by Crippen LogP contribution is 2.34. The first kappa shape index (κ1) is 16.1. The van der Waals surface area contributed by atoms with Crippen LogP contribution in [0.3, 0.4) is 0 Å². The fourth-order valence-corrected chi connectivity index (χ4v) is 4.00. The molecule has 0 saturated heterocycles. The summed E-state index contributed by atoms with van der Waals surface area (Å²) in [6, 6.07) is 18.9. The molecule has 2 aromatic heterocycles. The average Bonchev–Trinajstić information content (AvgIpc) is 3.11. The number of hydrogen-bond acceptors (Lipinski definition) is 3. The molecule has 4 heteroatoms. The van der Waals surface area contributed by atoms with Crippen LogP contribution in [0.1, 0.15) is 29.7 Å². The van der Waals surface area contributed by atoms with E-state index in [2.05, 4.69) is 58.8 Å². The maximum Gasteiger partial charge on any atom is 0.160 e. The van der Waals surface area contributed by atoms with Crippen molar-refractivity contribution in [3.05, 3.63) is 71.4 Å². The number of nitrogens with one attached hydrogen (secondary N) is 2. The van der Waals surface area contributed by atoms with Gasteiger partial charge in [0.25, 0.3) is 0 Å². The van der Waals surface area contributed by atoms with Gasteiger partial charge in [-0.1, -0.05) is 36.4 Å². The molecule has 0 saturated carbocycles. The third kappa shape index (κ3) is 2.87. The lowest BCUT2D eigenvalue weighted by molar-refractivity contribution is 0.670. The summed E-state index contributed by atoms with van der Waals surface area (Å²) in [7, 11) is 0. The van der Waals surface area contributed by atoms with Gasteiger partial charge in [-0.3, -0.25) is 10.1 Å². The molecule has 2 N–H and O–H groups in total. The summed E-state index contributed by atoms with van der Waals surface area (Å²) in [5, 5.41) is 12.3. The van der Waals surface area contributed by atoms with Gasteiger partial charge in [-0.25, -0.2) is 0 Å². The summed E-state index contributed by atoms with van der Waals surface area (Å²) in [5.41, 5.74) is 8.22. The van der Waals surface area contributed by atoms with Crippen molar-refractivity contribution < 1.29 is 0 Å². The van der Waals surface area contributed by atoms with Gasteiger partial charge >= 0.3 is 0 Å². The molecule has 5 rings (SSSR count). The van der Waals surface area contributed by atoms with Gasteiger partial charge in [0, 0.05) is 22.3 Å². The highest BCUT2D eigenvalue weighted by Gasteiger charge is 2.19. The fraction of sp³-hybridized carbons (Fsp3) is 0.217. The van der Waals surface area contributed by atoms with Gasteiger partial charge in [-0.2, -0.15) is 5.10 Å². The maximum absolute atomic E-state index is 5.03. The minimum Gasteiger partial charge on any atom is -0.338 e. The van der Waals surface area contributed by atoms with Crippen molar-refractivity contribution in [3.63, 3.8) is 0 Å². The number of nitrogens with zero attached hydrogens (tertiary/aromatic N) is 2. The first-order valence-electron chi connectivity index (χ1n) is 9.58. The summed E-state index contributed by atoms with van der Waals surface area (Å²) in [6.45, 7) is 2.14. The van der Waals surface area contributed by atoms with E-state index in [9.17, 15) is 0 Å². The fourth-order valence-electron chi connectivity index (χ4n) is 4.00. The maximum atomic E-state index is 5.03. The molecule has 2 aromatic carbocycles. The SMILES string of the molecule is Cc1ccccc1-c1cc(Nc2n[nH]c3ccccc23)c2c(n1)CCCC2. The molecule has 4 nitrogen and oxygen atoms in total. The van der Waals surface area contributed by atoms with Crippen molar-refractivity contribution in [2.45, 2.75) is 32.6 Å². The highest BCUT2D eigenvalue weighted by atomic mass is 15.2. The van der Waals surface area contributed by atoms with Crippen molar-refractivity contribution in [1.29, 1.82) is 0 Å². The molecule has 0 unspecified atom stereocenters. The molecular weight excluding hydrogens is 332 g/mol. The number of aryl methyl sites for hydroxylation is 2. The smallest absolute Gasteiger partial charge is 0.160 e. The normalized spacial score (nSPS) is 13.5. The number of benzene rings is 2. The van der Waals surface area contributed by atoms with E-state index >= 15 is 0 Å². The molecule has 1 aliphatic carbocycles. The standard InChI is InChI=1S/C23H22N4/c1-15-8-2-3-9-16(15)21-14-22(17-10-4-6-12-19(17)24-21)25-23-18-11-5-7-13-20(18)26-27-23/h2-3,5,7-9,11,13-14H,4,6,10,12H2,1H3,(H2,24,25,26,27). The Morgan fingerprint density at radius 1 is 0.963 bits per heavy atom. The molecule has 4 aromatic rings. The zero-order chi connectivity index (χ0) is 18.2. The monoisotopic (exact) mass is 354 g/mol. The van der Waals surface area contributed by atoms with Crippen LogP contribution in [0.2, 0.25) is 0 Å². The quantitative estimate of drug-likeness (QED) is 0.507. The van der Waals surface area contributed by atoms with Gasteiger partial charge in [0.2, 0.25) is 0 Å². The van der Waals surface area contributed by atoms with E-state index in [0.717, 1.165) is 40.9 Å². The number of H-pyrrole nitrogens is 1. The Morgan fingerprint density at radius 2 is 1.78 bits per heavy atom. The first-order valence-corrected chi connectivity index (χ1v) is 9.58. The Bertz CT molecular complexity index is 1130. The number of anilines is 2. The summed E-state index contributed by atoms with van der Waals surface area (Å²) in [5.74, 6) is 0.875. The molecule has 2 heterocycles. The molecule has 0 bridgehead atoms. The molecule has 0 aliphatic heterocycles. The second kappa shape index (κ2) is 6.54. The summed E-state index contributed by atoms with van der Waals surface area (Å²) >= 11 is 0. The van der Waals surface area contributed by atoms with Crippen LogP contribution in [0.4, 0.5) is 11.5 Å². The van der Waals surface area contributed by atoms with E-state index in [0.29, 0.717) is 0 Å². The third-order valence-electron chi connectivity index (χ3n) is 5.44. The number of rotatable bonds is 3. The van der Waals surface area contributed by atoms with Crippen molar-refractivity contribution in [3.8, 4) is 11.3 Å². The number of aromatic amines is 1. The van der Waals surface area contributed by atoms with Crippen LogP contribution >= 0.6 is 0 Å². The van der Waals surface area contributed by atoms with E-state index in [-0.39, 0.29) is 0 Å². The minimum absolute atomic E-state index is 0.875. The van der Waals surface area contributed by atoms with Crippen LogP contribution in [0.15, 0.2) is 54.6 Å². The predicted molar refractivity (Wildman–Crippen MR) is 110 cm³/mol. The lowest BCUT2D eigenvalue weighted by Crippen LogP contribution is -2.10. The summed E-state index contributed by atoms with van der Waals surface area (Å²) in [4.78, 5) is 5.03. The Balaban J connectivity index is 1.64. The largest absolute Gasteiger partial charge is 0.338 e. The molecule has 1 aliphatic rings. The molecule has 27 heavy (non-hydrogen) atoms. The van der Waals surface area contributed by atoms with E-state index < -0.39 is 0 Å². The van der Waals surface area contributed by atoms with Crippen molar-refractivity contribution >= 4 is 22.4 Å². The highest BCUT2D eigenvalue weighted by molar-refractivity contribution is 5.92. The number of pyridine rings is 1. The predicted octanol–water partition coefficient (Wildman–Crippen LogP) is 5.56. The molecular formula is C23H22N4. The second-order valence-electron chi connectivity index (χ2n) is 7.25. The van der Waals surface area contributed by atoms with Gasteiger partial charge in [-0.15, -0.1) is 0 Å². The molecule has 0 radical (unpaired) electrons. The molecule has 0 amide bonds. The van der Waals surface area contributed by atoms with E-state index in [1.54, 1.807) is 0 Å². The lowest BCUT2D eigenvalue weighted by Gasteiger charge is -2.21. The van der Waals surface area contributed by atoms with Crippen molar-refractivity contribution in [1.82, 2.24) is 15.2 Å². The first-order chi connectivity index (χ1) is 13.3. The van der Waals surface area contributed by atoms with Gasteiger partial charge in [0.15, 0.2) is 5.82 Å². The van der Waals surface area contributed by atoms with Crippen LogP contribution in [0.25, 0.3) is 22.2 Å². The number of para-hydroxylation sites is 1. The van der Waals surface area contributed by atoms with Crippen molar-refractivity contribution in [2.24, 2.45) is 0 Å². The molecule has 0 fully saturated rings. The van der Waals surface area contributed by atoms with Crippen LogP contribution in [-0.4, -0.2) is 15.2 Å². The lowest BCUT2D eigenvalue weighted by atomic mass is 9.93. The molecule has 0 atom stereocenters. The number of aromatic nitrogens is 3. The van der Waals surface area contributed by atoms with E-state index in [1.807, 2.05) is 18.2 Å². The molecule has 134 valence electrons. The summed E-state index contributed by atoms with van der Waals surface area (Å²) < 4.78 is 0. The van der Waals surface area contributed by atoms with Crippen LogP contribution < -0.4 is 5.32 Å². The van der Waals surface area contributed by atoms with Crippen LogP contribution in [0.5, 0.6) is 0 Å². The van der Waals surface area contributed by atoms with Gasteiger partial charge in [0.1, 0.15) is 0 Å². The van der Waals surface area contributed by atoms with Crippen LogP contribution in [0, 0.1) is 6.92 Å². The molecule has 0 spiro atoms. The summed E-state index contributed by atoms with van der Waals surface area (Å²) in [6.07, 6.45) is 4.54. The zero-order valence-electron chi connectivity index (χ0n) is 15.4. The van der Waals surface area contributed by atoms with E-state index in [1.165, 1.54) is 35.2 Å². The minimum atomic E-state index is 0.875. The topological polar surface area (TPSA) is 53.6 Å². The Labute approximate surface area is 158 Å². The Morgan fingerprint density at radius 3 is 2.70 bits per heavy atom.